The molecule has 20 heavy (non-hydrogen) atoms. The van der Waals surface area contributed by atoms with Crippen LogP contribution in [-0.4, -0.2) is 18.0 Å². The smallest absolute Gasteiger partial charge is 0.237 e. The van der Waals surface area contributed by atoms with E-state index in [1.54, 1.807) is 6.92 Å². The van der Waals surface area contributed by atoms with Crippen LogP contribution in [0.5, 0.6) is 0 Å². The van der Waals surface area contributed by atoms with Crippen LogP contribution in [0.15, 0.2) is 18.2 Å². The first-order chi connectivity index (χ1) is 9.47. The number of carbonyl (C=O) groups is 1. The van der Waals surface area contributed by atoms with E-state index in [9.17, 15) is 13.6 Å². The lowest BCUT2D eigenvalue weighted by atomic mass is 10.1. The molecule has 1 unspecified atom stereocenters. The maximum Gasteiger partial charge on any atom is 0.237 e. The van der Waals surface area contributed by atoms with Crippen LogP contribution in [0.2, 0.25) is 0 Å². The number of benzene rings is 1. The van der Waals surface area contributed by atoms with Crippen LogP contribution in [-0.2, 0) is 11.3 Å². The number of carbonyl (C=O) groups excluding carboxylic acids is 1. The lowest BCUT2D eigenvalue weighted by molar-refractivity contribution is -0.123. The summed E-state index contributed by atoms with van der Waals surface area (Å²) < 4.78 is 26.2. The fourth-order valence-corrected chi connectivity index (χ4v) is 1.84. The van der Waals surface area contributed by atoms with Gasteiger partial charge in [0.15, 0.2) is 0 Å². The molecule has 0 aliphatic carbocycles. The van der Waals surface area contributed by atoms with E-state index in [1.807, 2.05) is 13.8 Å². The third-order valence-electron chi connectivity index (χ3n) is 3.34. The number of amides is 1. The Labute approximate surface area is 118 Å². The van der Waals surface area contributed by atoms with E-state index in [4.69, 9.17) is 0 Å². The van der Waals surface area contributed by atoms with Crippen LogP contribution in [0, 0.1) is 11.6 Å². The first kappa shape index (κ1) is 16.6. The molecule has 112 valence electrons. The second kappa shape index (κ2) is 7.94. The van der Waals surface area contributed by atoms with Crippen molar-refractivity contribution in [2.24, 2.45) is 0 Å². The molecule has 1 amide bonds. The van der Waals surface area contributed by atoms with Gasteiger partial charge in [-0.05, 0) is 25.8 Å². The molecule has 1 aromatic rings. The summed E-state index contributed by atoms with van der Waals surface area (Å²) in [5, 5.41) is 5.86. The number of halogens is 2. The van der Waals surface area contributed by atoms with Crippen molar-refractivity contribution in [1.82, 2.24) is 10.6 Å². The Kier molecular flexibility index (Phi) is 6.58. The van der Waals surface area contributed by atoms with Gasteiger partial charge in [-0.15, -0.1) is 0 Å². The minimum Gasteiger partial charge on any atom is -0.352 e. The summed E-state index contributed by atoms with van der Waals surface area (Å²) in [6.45, 7) is 5.93. The standard InChI is InChI=1S/C15H22F2N2O/c1-4-13(5-2)19-15(20)10(3)18-9-11-6-7-12(16)8-14(11)17/h6-8,10,13,18H,4-5,9H2,1-3H3,(H,19,20). The number of hydrogen-bond acceptors (Lipinski definition) is 2. The number of rotatable bonds is 7. The van der Waals surface area contributed by atoms with Gasteiger partial charge in [0.25, 0.3) is 0 Å². The molecule has 0 saturated carbocycles. The van der Waals surface area contributed by atoms with Crippen molar-refractivity contribution in [1.29, 1.82) is 0 Å². The van der Waals surface area contributed by atoms with Gasteiger partial charge in [-0.25, -0.2) is 8.78 Å². The maximum atomic E-state index is 13.4. The number of hydrogen-bond donors (Lipinski definition) is 2. The zero-order valence-electron chi connectivity index (χ0n) is 12.2. The second-order valence-corrected chi connectivity index (χ2v) is 4.86. The third-order valence-corrected chi connectivity index (χ3v) is 3.34. The molecule has 2 N–H and O–H groups in total. The fourth-order valence-electron chi connectivity index (χ4n) is 1.84. The summed E-state index contributed by atoms with van der Waals surface area (Å²) in [4.78, 5) is 11.9. The minimum atomic E-state index is -0.606. The highest BCUT2D eigenvalue weighted by atomic mass is 19.1. The third kappa shape index (κ3) is 4.89. The Balaban J connectivity index is 2.50. The Hall–Kier alpha value is -1.49. The summed E-state index contributed by atoms with van der Waals surface area (Å²) >= 11 is 0. The molecule has 5 heteroatoms. The van der Waals surface area contributed by atoms with E-state index in [1.165, 1.54) is 12.1 Å². The van der Waals surface area contributed by atoms with Crippen LogP contribution < -0.4 is 10.6 Å². The lowest BCUT2D eigenvalue weighted by Gasteiger charge is -2.19. The van der Waals surface area contributed by atoms with E-state index < -0.39 is 17.7 Å². The SMILES string of the molecule is CCC(CC)NC(=O)C(C)NCc1ccc(F)cc1F. The van der Waals surface area contributed by atoms with Crippen LogP contribution >= 0.6 is 0 Å². The summed E-state index contributed by atoms with van der Waals surface area (Å²) in [5.74, 6) is -1.32. The monoisotopic (exact) mass is 284 g/mol. The van der Waals surface area contributed by atoms with Crippen molar-refractivity contribution in [3.63, 3.8) is 0 Å². The average molecular weight is 284 g/mol. The molecule has 0 aromatic heterocycles. The molecule has 1 rings (SSSR count). The first-order valence-electron chi connectivity index (χ1n) is 6.95. The summed E-state index contributed by atoms with van der Waals surface area (Å²) in [5.41, 5.74) is 0.341. The van der Waals surface area contributed by atoms with Crippen LogP contribution in [0.1, 0.15) is 39.2 Å². The summed E-state index contributed by atoms with van der Waals surface area (Å²) in [6, 6.07) is 3.15. The zero-order valence-corrected chi connectivity index (χ0v) is 12.2. The van der Waals surface area contributed by atoms with Crippen molar-refractivity contribution in [2.75, 3.05) is 0 Å². The molecule has 0 aliphatic rings. The highest BCUT2D eigenvalue weighted by Gasteiger charge is 2.15. The molecule has 1 aromatic carbocycles. The Morgan fingerprint density at radius 2 is 1.90 bits per heavy atom. The van der Waals surface area contributed by atoms with Crippen LogP contribution in [0.4, 0.5) is 8.78 Å². The molecule has 0 heterocycles. The van der Waals surface area contributed by atoms with E-state index in [0.717, 1.165) is 18.9 Å². The molecule has 0 radical (unpaired) electrons. The fraction of sp³-hybridized carbons (Fsp3) is 0.533. The molecule has 0 bridgehead atoms. The van der Waals surface area contributed by atoms with E-state index >= 15 is 0 Å². The molecule has 0 fully saturated rings. The van der Waals surface area contributed by atoms with Gasteiger partial charge in [-0.3, -0.25) is 4.79 Å². The van der Waals surface area contributed by atoms with Gasteiger partial charge in [0, 0.05) is 24.2 Å². The molecule has 0 aliphatic heterocycles. The van der Waals surface area contributed by atoms with Crippen molar-refractivity contribution in [3.05, 3.63) is 35.4 Å². The molecule has 0 saturated heterocycles. The van der Waals surface area contributed by atoms with Crippen molar-refractivity contribution >= 4 is 5.91 Å². The quantitative estimate of drug-likeness (QED) is 0.808. The maximum absolute atomic E-state index is 13.4. The van der Waals surface area contributed by atoms with Gasteiger partial charge < -0.3 is 10.6 Å². The zero-order chi connectivity index (χ0) is 15.1. The highest BCUT2D eigenvalue weighted by molar-refractivity contribution is 5.81. The van der Waals surface area contributed by atoms with Crippen LogP contribution in [0.3, 0.4) is 0 Å². The summed E-state index contributed by atoms with van der Waals surface area (Å²) in [7, 11) is 0. The van der Waals surface area contributed by atoms with Gasteiger partial charge in [-0.2, -0.15) is 0 Å². The topological polar surface area (TPSA) is 41.1 Å². The molecule has 3 nitrogen and oxygen atoms in total. The molecular weight excluding hydrogens is 262 g/mol. The predicted molar refractivity (Wildman–Crippen MR) is 75.2 cm³/mol. The number of nitrogens with one attached hydrogen (secondary N) is 2. The van der Waals surface area contributed by atoms with E-state index in [2.05, 4.69) is 10.6 Å². The lowest BCUT2D eigenvalue weighted by Crippen LogP contribution is -2.45. The van der Waals surface area contributed by atoms with Gasteiger partial charge >= 0.3 is 0 Å². The Morgan fingerprint density at radius 1 is 1.25 bits per heavy atom. The largest absolute Gasteiger partial charge is 0.352 e. The molecular formula is C15H22F2N2O. The second-order valence-electron chi connectivity index (χ2n) is 4.86. The normalized spacial score (nSPS) is 12.5. The van der Waals surface area contributed by atoms with E-state index in [-0.39, 0.29) is 18.5 Å². The van der Waals surface area contributed by atoms with Gasteiger partial charge in [0.1, 0.15) is 11.6 Å². The van der Waals surface area contributed by atoms with Gasteiger partial charge in [0.2, 0.25) is 5.91 Å². The van der Waals surface area contributed by atoms with Gasteiger partial charge in [-0.1, -0.05) is 19.9 Å². The average Bonchev–Trinajstić information content (AvgIpc) is 2.43. The highest BCUT2D eigenvalue weighted by Crippen LogP contribution is 2.09. The molecule has 0 spiro atoms. The molecule has 1 atom stereocenters. The van der Waals surface area contributed by atoms with Crippen molar-refractivity contribution in [2.45, 2.75) is 52.2 Å². The van der Waals surface area contributed by atoms with Crippen molar-refractivity contribution in [3.8, 4) is 0 Å². The van der Waals surface area contributed by atoms with Gasteiger partial charge in [0.05, 0.1) is 6.04 Å². The first-order valence-corrected chi connectivity index (χ1v) is 6.95. The minimum absolute atomic E-state index is 0.110. The Bertz CT molecular complexity index is 447. The van der Waals surface area contributed by atoms with Crippen LogP contribution in [0.25, 0.3) is 0 Å². The van der Waals surface area contributed by atoms with Crippen molar-refractivity contribution < 1.29 is 13.6 Å². The summed E-state index contributed by atoms with van der Waals surface area (Å²) in [6.07, 6.45) is 1.75. The van der Waals surface area contributed by atoms with E-state index in [0.29, 0.717) is 5.56 Å². The predicted octanol–water partition coefficient (Wildman–Crippen LogP) is 2.75. The Morgan fingerprint density at radius 3 is 2.45 bits per heavy atom.